The fraction of sp³-hybridized carbons (Fsp3) is 0.214. The molecule has 2 aromatic rings. The number of rotatable bonds is 5. The van der Waals surface area contributed by atoms with Crippen molar-refractivity contribution in [3.8, 4) is 11.6 Å². The zero-order chi connectivity index (χ0) is 13.7. The highest BCUT2D eigenvalue weighted by atomic mass is 19.1. The third kappa shape index (κ3) is 3.48. The van der Waals surface area contributed by atoms with E-state index in [0.717, 1.165) is 12.7 Å². The lowest BCUT2D eigenvalue weighted by Gasteiger charge is -2.10. The van der Waals surface area contributed by atoms with Crippen molar-refractivity contribution in [3.63, 3.8) is 0 Å². The van der Waals surface area contributed by atoms with Gasteiger partial charge in [0.05, 0.1) is 6.20 Å². The van der Waals surface area contributed by atoms with Gasteiger partial charge < -0.3 is 10.1 Å². The Morgan fingerprint density at radius 1 is 1.26 bits per heavy atom. The summed E-state index contributed by atoms with van der Waals surface area (Å²) in [5.41, 5.74) is 0.546. The number of nitrogens with one attached hydrogen (secondary N) is 1. The number of pyridine rings is 1. The van der Waals surface area contributed by atoms with Gasteiger partial charge in [-0.3, -0.25) is 0 Å². The van der Waals surface area contributed by atoms with Crippen LogP contribution >= 0.6 is 0 Å². The van der Waals surface area contributed by atoms with Crippen molar-refractivity contribution < 1.29 is 13.5 Å². The Labute approximate surface area is 110 Å². The second kappa shape index (κ2) is 6.24. The minimum Gasteiger partial charge on any atom is -0.436 e. The summed E-state index contributed by atoms with van der Waals surface area (Å²) in [7, 11) is 0. The molecule has 1 aromatic heterocycles. The van der Waals surface area contributed by atoms with Crippen LogP contribution in [0.15, 0.2) is 36.5 Å². The van der Waals surface area contributed by atoms with E-state index >= 15 is 0 Å². The highest BCUT2D eigenvalue weighted by Gasteiger charge is 2.10. The van der Waals surface area contributed by atoms with E-state index in [4.69, 9.17) is 4.74 Å². The van der Waals surface area contributed by atoms with Crippen LogP contribution in [-0.4, -0.2) is 11.5 Å². The molecule has 0 bridgehead atoms. The van der Waals surface area contributed by atoms with Gasteiger partial charge in [-0.1, -0.05) is 19.1 Å². The van der Waals surface area contributed by atoms with Gasteiger partial charge in [0.2, 0.25) is 5.88 Å². The number of para-hydroxylation sites is 1. The largest absolute Gasteiger partial charge is 0.436 e. The summed E-state index contributed by atoms with van der Waals surface area (Å²) in [6, 6.07) is 7.35. The van der Waals surface area contributed by atoms with Crippen LogP contribution in [0, 0.1) is 11.6 Å². The SMILES string of the molecule is CCNCc1cc(F)cnc1Oc1ccccc1F. The summed E-state index contributed by atoms with van der Waals surface area (Å²) in [5.74, 6) is -0.663. The van der Waals surface area contributed by atoms with Crippen molar-refractivity contribution >= 4 is 0 Å². The predicted octanol–water partition coefficient (Wildman–Crippen LogP) is 3.26. The van der Waals surface area contributed by atoms with Crippen LogP contribution in [-0.2, 0) is 6.54 Å². The Morgan fingerprint density at radius 2 is 2.05 bits per heavy atom. The molecule has 0 aliphatic carbocycles. The van der Waals surface area contributed by atoms with E-state index < -0.39 is 11.6 Å². The average Bonchev–Trinajstić information content (AvgIpc) is 2.41. The molecule has 0 aliphatic heterocycles. The standard InChI is InChI=1S/C14H14F2N2O/c1-2-17-8-10-7-11(15)9-18-14(10)19-13-6-4-3-5-12(13)16/h3-7,9,17H,2,8H2,1H3. The zero-order valence-corrected chi connectivity index (χ0v) is 10.5. The second-order valence-corrected chi connectivity index (χ2v) is 3.93. The van der Waals surface area contributed by atoms with E-state index in [9.17, 15) is 8.78 Å². The van der Waals surface area contributed by atoms with Gasteiger partial charge in [0.25, 0.3) is 0 Å². The van der Waals surface area contributed by atoms with Crippen molar-refractivity contribution in [2.75, 3.05) is 6.54 Å². The minimum atomic E-state index is -0.483. The first-order valence-electron chi connectivity index (χ1n) is 5.98. The molecule has 100 valence electrons. The number of ether oxygens (including phenoxy) is 1. The van der Waals surface area contributed by atoms with Gasteiger partial charge in [0, 0.05) is 12.1 Å². The van der Waals surface area contributed by atoms with Gasteiger partial charge in [-0.05, 0) is 24.7 Å². The Kier molecular flexibility index (Phi) is 4.41. The second-order valence-electron chi connectivity index (χ2n) is 3.93. The zero-order valence-electron chi connectivity index (χ0n) is 10.5. The van der Waals surface area contributed by atoms with E-state index in [1.165, 1.54) is 18.2 Å². The molecule has 1 N–H and O–H groups in total. The summed E-state index contributed by atoms with van der Waals surface area (Å²) in [4.78, 5) is 3.86. The van der Waals surface area contributed by atoms with E-state index in [1.54, 1.807) is 12.1 Å². The molecule has 0 atom stereocenters. The quantitative estimate of drug-likeness (QED) is 0.900. The van der Waals surface area contributed by atoms with Gasteiger partial charge in [-0.2, -0.15) is 0 Å². The number of benzene rings is 1. The lowest BCUT2D eigenvalue weighted by Crippen LogP contribution is -2.13. The molecule has 2 rings (SSSR count). The first-order chi connectivity index (χ1) is 9.20. The first-order valence-corrected chi connectivity index (χ1v) is 5.98. The van der Waals surface area contributed by atoms with Crippen LogP contribution in [0.25, 0.3) is 0 Å². The lowest BCUT2D eigenvalue weighted by atomic mass is 10.2. The Morgan fingerprint density at radius 3 is 2.79 bits per heavy atom. The normalized spacial score (nSPS) is 10.5. The number of aromatic nitrogens is 1. The van der Waals surface area contributed by atoms with Gasteiger partial charge >= 0.3 is 0 Å². The highest BCUT2D eigenvalue weighted by molar-refractivity contribution is 5.33. The maximum Gasteiger partial charge on any atom is 0.224 e. The molecule has 0 aliphatic rings. The molecule has 0 spiro atoms. The average molecular weight is 264 g/mol. The van der Waals surface area contributed by atoms with E-state index in [2.05, 4.69) is 10.3 Å². The molecule has 19 heavy (non-hydrogen) atoms. The Balaban J connectivity index is 2.26. The lowest BCUT2D eigenvalue weighted by molar-refractivity contribution is 0.418. The van der Waals surface area contributed by atoms with Crippen molar-refractivity contribution in [1.29, 1.82) is 0 Å². The molecule has 0 amide bonds. The first kappa shape index (κ1) is 13.4. The van der Waals surface area contributed by atoms with Gasteiger partial charge in [-0.25, -0.2) is 13.8 Å². The van der Waals surface area contributed by atoms with Crippen LogP contribution in [0.4, 0.5) is 8.78 Å². The van der Waals surface area contributed by atoms with Crippen LogP contribution in [0.3, 0.4) is 0 Å². The fourth-order valence-electron chi connectivity index (χ4n) is 1.58. The van der Waals surface area contributed by atoms with E-state index in [-0.39, 0.29) is 11.6 Å². The molecule has 0 fully saturated rings. The maximum absolute atomic E-state index is 13.5. The van der Waals surface area contributed by atoms with Crippen LogP contribution in [0.1, 0.15) is 12.5 Å². The van der Waals surface area contributed by atoms with Crippen molar-refractivity contribution in [2.24, 2.45) is 0 Å². The van der Waals surface area contributed by atoms with Gasteiger partial charge in [0.1, 0.15) is 5.82 Å². The third-order valence-corrected chi connectivity index (χ3v) is 2.50. The molecular weight excluding hydrogens is 250 g/mol. The minimum absolute atomic E-state index is 0.0688. The highest BCUT2D eigenvalue weighted by Crippen LogP contribution is 2.25. The monoisotopic (exact) mass is 264 g/mol. The van der Waals surface area contributed by atoms with Crippen molar-refractivity contribution in [1.82, 2.24) is 10.3 Å². The molecule has 1 aromatic carbocycles. The Hall–Kier alpha value is -2.01. The summed E-state index contributed by atoms with van der Waals surface area (Å²) in [6.07, 6.45) is 1.05. The number of hydrogen-bond acceptors (Lipinski definition) is 3. The van der Waals surface area contributed by atoms with Crippen LogP contribution in [0.5, 0.6) is 11.6 Å². The molecule has 5 heteroatoms. The van der Waals surface area contributed by atoms with E-state index in [0.29, 0.717) is 12.1 Å². The third-order valence-electron chi connectivity index (χ3n) is 2.50. The number of hydrogen-bond donors (Lipinski definition) is 1. The van der Waals surface area contributed by atoms with Crippen molar-refractivity contribution in [3.05, 3.63) is 53.7 Å². The number of halogens is 2. The summed E-state index contributed by atoms with van der Waals surface area (Å²) < 4.78 is 32.1. The molecular formula is C14H14F2N2O. The van der Waals surface area contributed by atoms with Crippen LogP contribution in [0.2, 0.25) is 0 Å². The van der Waals surface area contributed by atoms with Gasteiger partial charge in [-0.15, -0.1) is 0 Å². The smallest absolute Gasteiger partial charge is 0.224 e. The molecule has 0 saturated heterocycles. The molecule has 3 nitrogen and oxygen atoms in total. The van der Waals surface area contributed by atoms with Gasteiger partial charge in [0.15, 0.2) is 11.6 Å². The Bertz CT molecular complexity index is 561. The maximum atomic E-state index is 13.5. The predicted molar refractivity (Wildman–Crippen MR) is 68.0 cm³/mol. The van der Waals surface area contributed by atoms with Crippen LogP contribution < -0.4 is 10.1 Å². The summed E-state index contributed by atoms with van der Waals surface area (Å²) in [5, 5.41) is 3.05. The summed E-state index contributed by atoms with van der Waals surface area (Å²) in [6.45, 7) is 3.07. The summed E-state index contributed by atoms with van der Waals surface area (Å²) >= 11 is 0. The number of nitrogens with zero attached hydrogens (tertiary/aromatic N) is 1. The molecule has 0 radical (unpaired) electrons. The molecule has 0 saturated carbocycles. The van der Waals surface area contributed by atoms with Crippen molar-refractivity contribution in [2.45, 2.75) is 13.5 Å². The molecule has 0 unspecified atom stereocenters. The fourth-order valence-corrected chi connectivity index (χ4v) is 1.58. The topological polar surface area (TPSA) is 34.2 Å². The van der Waals surface area contributed by atoms with E-state index in [1.807, 2.05) is 6.92 Å². The molecule has 1 heterocycles.